The first-order valence-corrected chi connectivity index (χ1v) is 5.00. The summed E-state index contributed by atoms with van der Waals surface area (Å²) in [6, 6.07) is 5.33. The fourth-order valence-corrected chi connectivity index (χ4v) is 2.22. The summed E-state index contributed by atoms with van der Waals surface area (Å²) in [5.41, 5.74) is 2.25. The monoisotopic (exact) mass is 190 g/mol. The predicted molar refractivity (Wildman–Crippen MR) is 54.5 cm³/mol. The lowest BCUT2D eigenvalue weighted by atomic mass is 9.81. The third kappa shape index (κ3) is 1.52. The minimum absolute atomic E-state index is 0.0550. The van der Waals surface area contributed by atoms with Crippen molar-refractivity contribution in [1.82, 2.24) is 0 Å². The van der Waals surface area contributed by atoms with Crippen molar-refractivity contribution in [3.05, 3.63) is 29.3 Å². The molecule has 1 unspecified atom stereocenters. The summed E-state index contributed by atoms with van der Waals surface area (Å²) < 4.78 is 0. The maximum Gasteiger partial charge on any atom is 0.137 e. The van der Waals surface area contributed by atoms with Gasteiger partial charge in [-0.05, 0) is 49.4 Å². The number of benzene rings is 1. The summed E-state index contributed by atoms with van der Waals surface area (Å²) in [4.78, 5) is 11.4. The van der Waals surface area contributed by atoms with E-state index in [1.54, 1.807) is 19.1 Å². The maximum absolute atomic E-state index is 11.4. The number of hydrogen-bond donors (Lipinski definition) is 1. The second-order valence-electron chi connectivity index (χ2n) is 3.94. The predicted octanol–water partition coefficient (Wildman–Crippen LogP) is 2.40. The van der Waals surface area contributed by atoms with E-state index in [1.807, 2.05) is 6.07 Å². The van der Waals surface area contributed by atoms with E-state index in [1.165, 1.54) is 0 Å². The zero-order valence-electron chi connectivity index (χ0n) is 8.29. The first kappa shape index (κ1) is 9.25. The summed E-state index contributed by atoms with van der Waals surface area (Å²) in [6.45, 7) is 1.65. The van der Waals surface area contributed by atoms with Crippen LogP contribution in [0.3, 0.4) is 0 Å². The summed E-state index contributed by atoms with van der Waals surface area (Å²) in [5, 5.41) is 9.33. The number of carbonyl (C=O) groups is 1. The lowest BCUT2D eigenvalue weighted by Crippen LogP contribution is -2.15. The Labute approximate surface area is 83.6 Å². The highest BCUT2D eigenvalue weighted by atomic mass is 16.3. The summed E-state index contributed by atoms with van der Waals surface area (Å²) in [6.07, 6.45) is 2.97. The minimum Gasteiger partial charge on any atom is -0.508 e. The molecule has 0 heterocycles. The zero-order valence-corrected chi connectivity index (χ0v) is 8.29. The molecule has 1 aliphatic rings. The van der Waals surface area contributed by atoms with Crippen molar-refractivity contribution in [3.63, 3.8) is 0 Å². The molecule has 2 rings (SSSR count). The quantitative estimate of drug-likeness (QED) is 0.738. The second-order valence-corrected chi connectivity index (χ2v) is 3.94. The number of ketones is 1. The molecule has 0 spiro atoms. The first-order chi connectivity index (χ1) is 6.68. The zero-order chi connectivity index (χ0) is 10.1. The van der Waals surface area contributed by atoms with Gasteiger partial charge in [0.1, 0.15) is 11.5 Å². The Morgan fingerprint density at radius 3 is 3.00 bits per heavy atom. The number of aryl methyl sites for hydroxylation is 1. The maximum atomic E-state index is 11.4. The number of rotatable bonds is 1. The van der Waals surface area contributed by atoms with Crippen LogP contribution in [0.4, 0.5) is 0 Å². The number of fused-ring (bicyclic) bond motifs is 1. The molecule has 14 heavy (non-hydrogen) atoms. The fraction of sp³-hybridized carbons (Fsp3) is 0.417. The average molecular weight is 190 g/mol. The molecule has 74 valence electrons. The highest BCUT2D eigenvalue weighted by Crippen LogP contribution is 2.33. The number of phenols is 1. The van der Waals surface area contributed by atoms with Crippen molar-refractivity contribution in [1.29, 1.82) is 0 Å². The molecule has 0 fully saturated rings. The van der Waals surface area contributed by atoms with Crippen molar-refractivity contribution in [2.24, 2.45) is 0 Å². The number of carbonyl (C=O) groups excluding carboxylic acids is 1. The van der Waals surface area contributed by atoms with Gasteiger partial charge in [-0.15, -0.1) is 0 Å². The van der Waals surface area contributed by atoms with Crippen molar-refractivity contribution >= 4 is 5.78 Å². The lowest BCUT2D eigenvalue weighted by Gasteiger charge is -2.23. The van der Waals surface area contributed by atoms with Gasteiger partial charge < -0.3 is 5.11 Å². The van der Waals surface area contributed by atoms with Crippen LogP contribution in [0, 0.1) is 0 Å². The van der Waals surface area contributed by atoms with E-state index in [9.17, 15) is 9.90 Å². The van der Waals surface area contributed by atoms with Crippen molar-refractivity contribution in [2.45, 2.75) is 32.1 Å². The second kappa shape index (κ2) is 3.45. The molecule has 1 aromatic rings. The molecule has 1 aromatic carbocycles. The molecular weight excluding hydrogens is 176 g/mol. The van der Waals surface area contributed by atoms with Crippen LogP contribution in [-0.4, -0.2) is 10.9 Å². The Hall–Kier alpha value is -1.31. The topological polar surface area (TPSA) is 37.3 Å². The molecule has 1 atom stereocenters. The van der Waals surface area contributed by atoms with E-state index in [-0.39, 0.29) is 11.7 Å². The van der Waals surface area contributed by atoms with Gasteiger partial charge in [0.15, 0.2) is 0 Å². The Balaban J connectivity index is 2.44. The van der Waals surface area contributed by atoms with Gasteiger partial charge in [-0.1, -0.05) is 6.07 Å². The van der Waals surface area contributed by atoms with Gasteiger partial charge in [0.25, 0.3) is 0 Å². The minimum atomic E-state index is 0.0550. The normalized spacial score (nSPS) is 20.2. The van der Waals surface area contributed by atoms with E-state index in [2.05, 4.69) is 0 Å². The van der Waals surface area contributed by atoms with Crippen LogP contribution in [0.1, 0.15) is 36.8 Å². The Morgan fingerprint density at radius 2 is 2.29 bits per heavy atom. The first-order valence-electron chi connectivity index (χ1n) is 5.00. The van der Waals surface area contributed by atoms with E-state index >= 15 is 0 Å². The molecule has 0 saturated carbocycles. The Kier molecular flexibility index (Phi) is 2.28. The summed E-state index contributed by atoms with van der Waals surface area (Å²) in [7, 11) is 0. The fourth-order valence-electron chi connectivity index (χ4n) is 2.22. The van der Waals surface area contributed by atoms with Crippen LogP contribution < -0.4 is 0 Å². The Morgan fingerprint density at radius 1 is 1.50 bits per heavy atom. The van der Waals surface area contributed by atoms with Crippen LogP contribution in [0.25, 0.3) is 0 Å². The van der Waals surface area contributed by atoms with Crippen LogP contribution in [0.2, 0.25) is 0 Å². The van der Waals surface area contributed by atoms with Crippen LogP contribution in [0.15, 0.2) is 18.2 Å². The van der Waals surface area contributed by atoms with Gasteiger partial charge in [-0.2, -0.15) is 0 Å². The molecule has 0 bridgehead atoms. The molecule has 1 N–H and O–H groups in total. The molecule has 0 amide bonds. The van der Waals surface area contributed by atoms with Gasteiger partial charge >= 0.3 is 0 Å². The molecule has 0 saturated heterocycles. The number of hydrogen-bond acceptors (Lipinski definition) is 2. The molecule has 1 aliphatic carbocycles. The van der Waals surface area contributed by atoms with E-state index in [4.69, 9.17) is 0 Å². The molecule has 0 radical (unpaired) electrons. The van der Waals surface area contributed by atoms with Crippen LogP contribution >= 0.6 is 0 Å². The van der Waals surface area contributed by atoms with E-state index in [0.717, 1.165) is 30.4 Å². The van der Waals surface area contributed by atoms with E-state index in [0.29, 0.717) is 5.75 Å². The van der Waals surface area contributed by atoms with Gasteiger partial charge in [-0.25, -0.2) is 0 Å². The molecular formula is C12H14O2. The standard InChI is InChI=1S/C12H14O2/c1-8(13)11-4-2-3-9-7-10(14)5-6-12(9)11/h5-7,11,14H,2-4H2,1H3. The number of phenolic OH excluding ortho intramolecular Hbond substituents is 1. The van der Waals surface area contributed by atoms with Gasteiger partial charge in [0.2, 0.25) is 0 Å². The average Bonchev–Trinajstić information content (AvgIpc) is 2.16. The van der Waals surface area contributed by atoms with Gasteiger partial charge in [0.05, 0.1) is 0 Å². The van der Waals surface area contributed by atoms with Gasteiger partial charge in [-0.3, -0.25) is 4.79 Å². The highest BCUT2D eigenvalue weighted by Gasteiger charge is 2.23. The highest BCUT2D eigenvalue weighted by molar-refractivity contribution is 5.84. The van der Waals surface area contributed by atoms with Crippen molar-refractivity contribution < 1.29 is 9.90 Å². The Bertz CT molecular complexity index is 369. The number of Topliss-reactive ketones (excluding diaryl/α,β-unsaturated/α-hetero) is 1. The van der Waals surface area contributed by atoms with Crippen LogP contribution in [-0.2, 0) is 11.2 Å². The molecule has 0 aliphatic heterocycles. The third-order valence-electron chi connectivity index (χ3n) is 2.93. The summed E-state index contributed by atoms with van der Waals surface area (Å²) in [5.74, 6) is 0.587. The SMILES string of the molecule is CC(=O)C1CCCc2cc(O)ccc21. The van der Waals surface area contributed by atoms with Crippen molar-refractivity contribution in [2.75, 3.05) is 0 Å². The summed E-state index contributed by atoms with van der Waals surface area (Å²) >= 11 is 0. The molecule has 2 heteroatoms. The molecule has 2 nitrogen and oxygen atoms in total. The van der Waals surface area contributed by atoms with Crippen LogP contribution in [0.5, 0.6) is 5.75 Å². The van der Waals surface area contributed by atoms with Crippen molar-refractivity contribution in [3.8, 4) is 5.75 Å². The lowest BCUT2D eigenvalue weighted by molar-refractivity contribution is -0.118. The van der Waals surface area contributed by atoms with Gasteiger partial charge in [0, 0.05) is 5.92 Å². The molecule has 0 aromatic heterocycles. The smallest absolute Gasteiger partial charge is 0.137 e. The number of aromatic hydroxyl groups is 1. The van der Waals surface area contributed by atoms with E-state index < -0.39 is 0 Å². The third-order valence-corrected chi connectivity index (χ3v) is 2.93. The largest absolute Gasteiger partial charge is 0.508 e.